The predicted molar refractivity (Wildman–Crippen MR) is 106 cm³/mol. The highest BCUT2D eigenvalue weighted by atomic mass is 16.4. The first-order chi connectivity index (χ1) is 13.5. The van der Waals surface area contributed by atoms with Gasteiger partial charge in [-0.15, -0.1) is 0 Å². The summed E-state index contributed by atoms with van der Waals surface area (Å²) >= 11 is 0. The van der Waals surface area contributed by atoms with Gasteiger partial charge in [-0.2, -0.15) is 0 Å². The molecule has 1 unspecified atom stereocenters. The van der Waals surface area contributed by atoms with Gasteiger partial charge in [0.25, 0.3) is 0 Å². The van der Waals surface area contributed by atoms with Gasteiger partial charge in [-0.25, -0.2) is 19.7 Å². The Morgan fingerprint density at radius 3 is 2.96 bits per heavy atom. The molecule has 5 rings (SSSR count). The van der Waals surface area contributed by atoms with E-state index < -0.39 is 5.97 Å². The van der Waals surface area contributed by atoms with E-state index >= 15 is 0 Å². The third kappa shape index (κ3) is 2.44. The average molecular weight is 378 g/mol. The van der Waals surface area contributed by atoms with E-state index in [0.29, 0.717) is 11.5 Å². The molecule has 144 valence electrons. The lowest BCUT2D eigenvalue weighted by Gasteiger charge is -2.40. The van der Waals surface area contributed by atoms with Crippen LogP contribution >= 0.6 is 0 Å². The van der Waals surface area contributed by atoms with Crippen molar-refractivity contribution in [1.82, 2.24) is 19.5 Å². The average Bonchev–Trinajstić information content (AvgIpc) is 3.20. The highest BCUT2D eigenvalue weighted by Crippen LogP contribution is 2.44. The van der Waals surface area contributed by atoms with Gasteiger partial charge in [0.2, 0.25) is 11.9 Å². The van der Waals surface area contributed by atoms with Crippen LogP contribution in [0.25, 0.3) is 11.0 Å². The molecular formula is C20H22N6O2. The lowest BCUT2D eigenvalue weighted by Crippen LogP contribution is -2.46. The maximum Gasteiger partial charge on any atom is 0.335 e. The summed E-state index contributed by atoms with van der Waals surface area (Å²) in [5.41, 5.74) is 10.0. The number of carboxylic acids is 1. The standard InChI is InChI=1S/C20H22N6O2/c1-25-15-4-3-12(17(27)28)9-14(15)23-19(25)26-8-2-6-20(11-26)7-5-13-10-22-18(21)24-16(13)20/h3-4,9-10H,2,5-8,11H2,1H3,(H,27,28)(H2,21,22,24). The van der Waals surface area contributed by atoms with E-state index in [1.807, 2.05) is 23.9 Å². The third-order valence-electron chi connectivity index (χ3n) is 6.22. The number of benzene rings is 1. The number of aromatic nitrogens is 4. The molecule has 3 N–H and O–H groups in total. The SMILES string of the molecule is Cn1c(N2CCCC3(CCc4cnc(N)nc43)C2)nc2cc(C(=O)O)ccc21. The van der Waals surface area contributed by atoms with Crippen LogP contribution in [0.1, 0.15) is 40.9 Å². The van der Waals surface area contributed by atoms with Crippen LogP contribution in [0.15, 0.2) is 24.4 Å². The van der Waals surface area contributed by atoms with Gasteiger partial charge in [-0.1, -0.05) is 0 Å². The van der Waals surface area contributed by atoms with E-state index in [-0.39, 0.29) is 11.0 Å². The lowest BCUT2D eigenvalue weighted by molar-refractivity contribution is 0.0697. The van der Waals surface area contributed by atoms with Gasteiger partial charge in [0.05, 0.1) is 22.3 Å². The third-order valence-corrected chi connectivity index (χ3v) is 6.22. The summed E-state index contributed by atoms with van der Waals surface area (Å²) in [6.45, 7) is 1.75. The molecule has 3 aromatic rings. The van der Waals surface area contributed by atoms with Crippen molar-refractivity contribution in [2.45, 2.75) is 31.1 Å². The monoisotopic (exact) mass is 378 g/mol. The van der Waals surface area contributed by atoms with Crippen molar-refractivity contribution < 1.29 is 9.90 Å². The molecule has 1 spiro atoms. The van der Waals surface area contributed by atoms with Crippen molar-refractivity contribution in [3.05, 3.63) is 41.2 Å². The maximum atomic E-state index is 11.3. The molecule has 2 aliphatic rings. The Bertz CT molecular complexity index is 1100. The molecular weight excluding hydrogens is 356 g/mol. The molecule has 1 atom stereocenters. The van der Waals surface area contributed by atoms with Gasteiger partial charge < -0.3 is 20.3 Å². The Labute approximate surface area is 162 Å². The summed E-state index contributed by atoms with van der Waals surface area (Å²) in [7, 11) is 1.98. The Morgan fingerprint density at radius 2 is 2.14 bits per heavy atom. The summed E-state index contributed by atoms with van der Waals surface area (Å²) in [6, 6.07) is 5.09. The largest absolute Gasteiger partial charge is 0.478 e. The zero-order valence-electron chi connectivity index (χ0n) is 15.7. The Hall–Kier alpha value is -3.16. The molecule has 8 heteroatoms. The van der Waals surface area contributed by atoms with Crippen LogP contribution in [0.2, 0.25) is 0 Å². The number of hydrogen-bond donors (Lipinski definition) is 2. The summed E-state index contributed by atoms with van der Waals surface area (Å²) < 4.78 is 2.05. The fourth-order valence-electron chi connectivity index (χ4n) is 4.86. The van der Waals surface area contributed by atoms with Crippen molar-refractivity contribution in [3.8, 4) is 0 Å². The van der Waals surface area contributed by atoms with Gasteiger partial charge in [0, 0.05) is 31.7 Å². The first-order valence-corrected chi connectivity index (χ1v) is 9.53. The molecule has 1 aromatic carbocycles. The summed E-state index contributed by atoms with van der Waals surface area (Å²) in [6.07, 6.45) is 6.03. The fourth-order valence-corrected chi connectivity index (χ4v) is 4.86. The number of nitrogen functional groups attached to an aromatic ring is 1. The highest BCUT2D eigenvalue weighted by molar-refractivity contribution is 5.93. The van der Waals surface area contributed by atoms with E-state index in [0.717, 1.165) is 55.9 Å². The first-order valence-electron chi connectivity index (χ1n) is 9.53. The molecule has 28 heavy (non-hydrogen) atoms. The second-order valence-corrected chi connectivity index (χ2v) is 7.89. The normalized spacial score (nSPS) is 21.4. The molecule has 0 radical (unpaired) electrons. The van der Waals surface area contributed by atoms with Gasteiger partial charge in [-0.3, -0.25) is 0 Å². The van der Waals surface area contributed by atoms with Crippen LogP contribution in [-0.4, -0.2) is 43.7 Å². The topological polar surface area (TPSA) is 110 Å². The Balaban J connectivity index is 1.54. The zero-order valence-corrected chi connectivity index (χ0v) is 15.7. The van der Waals surface area contributed by atoms with E-state index in [4.69, 9.17) is 10.7 Å². The first kappa shape index (κ1) is 17.0. The van der Waals surface area contributed by atoms with Crippen molar-refractivity contribution in [2.75, 3.05) is 23.7 Å². The number of nitrogens with zero attached hydrogens (tertiary/aromatic N) is 5. The number of nitrogens with two attached hydrogens (primary N) is 1. The van der Waals surface area contributed by atoms with Crippen LogP contribution in [0, 0.1) is 0 Å². The van der Waals surface area contributed by atoms with Crippen LogP contribution in [-0.2, 0) is 18.9 Å². The van der Waals surface area contributed by atoms with Crippen molar-refractivity contribution in [2.24, 2.45) is 7.05 Å². The molecule has 1 aliphatic heterocycles. The molecule has 0 bridgehead atoms. The number of carboxylic acid groups (broad SMARTS) is 1. The second kappa shape index (κ2) is 5.92. The number of hydrogen-bond acceptors (Lipinski definition) is 6. The highest BCUT2D eigenvalue weighted by Gasteiger charge is 2.44. The summed E-state index contributed by atoms with van der Waals surface area (Å²) in [5, 5.41) is 9.26. The molecule has 0 amide bonds. The Kier molecular flexibility index (Phi) is 3.59. The molecule has 1 fully saturated rings. The van der Waals surface area contributed by atoms with Gasteiger partial charge in [0.1, 0.15) is 0 Å². The second-order valence-electron chi connectivity index (χ2n) is 7.89. The molecule has 1 saturated heterocycles. The fraction of sp³-hybridized carbons (Fsp3) is 0.400. The predicted octanol–water partition coefficient (Wildman–Crippen LogP) is 2.13. The van der Waals surface area contributed by atoms with Crippen molar-refractivity contribution in [1.29, 1.82) is 0 Å². The molecule has 0 saturated carbocycles. The summed E-state index contributed by atoms with van der Waals surface area (Å²) in [4.78, 5) is 27.1. The number of anilines is 2. The minimum atomic E-state index is -0.939. The molecule has 8 nitrogen and oxygen atoms in total. The number of aromatic carboxylic acids is 1. The van der Waals surface area contributed by atoms with Crippen LogP contribution < -0.4 is 10.6 Å². The van der Waals surface area contributed by atoms with Gasteiger partial charge in [-0.05, 0) is 49.4 Å². The van der Waals surface area contributed by atoms with Crippen LogP contribution in [0.4, 0.5) is 11.9 Å². The minimum Gasteiger partial charge on any atom is -0.478 e. The van der Waals surface area contributed by atoms with Crippen molar-refractivity contribution >= 4 is 28.9 Å². The minimum absolute atomic E-state index is 0.0188. The Morgan fingerprint density at radius 1 is 1.29 bits per heavy atom. The van der Waals surface area contributed by atoms with E-state index in [1.165, 1.54) is 5.56 Å². The number of aryl methyl sites for hydroxylation is 2. The van der Waals surface area contributed by atoms with E-state index in [9.17, 15) is 9.90 Å². The zero-order chi connectivity index (χ0) is 19.5. The van der Waals surface area contributed by atoms with Crippen LogP contribution in [0.3, 0.4) is 0 Å². The number of imidazole rings is 1. The quantitative estimate of drug-likeness (QED) is 0.703. The smallest absolute Gasteiger partial charge is 0.335 e. The molecule has 2 aromatic heterocycles. The van der Waals surface area contributed by atoms with E-state index in [1.54, 1.807) is 12.1 Å². The number of piperidine rings is 1. The summed E-state index contributed by atoms with van der Waals surface area (Å²) in [5.74, 6) is 0.263. The van der Waals surface area contributed by atoms with Gasteiger partial charge >= 0.3 is 5.97 Å². The number of carbonyl (C=O) groups is 1. The van der Waals surface area contributed by atoms with E-state index in [2.05, 4.69) is 14.9 Å². The lowest BCUT2D eigenvalue weighted by atomic mass is 9.77. The number of fused-ring (bicyclic) bond motifs is 3. The van der Waals surface area contributed by atoms with Gasteiger partial charge in [0.15, 0.2) is 0 Å². The molecule has 3 heterocycles. The molecule has 1 aliphatic carbocycles. The maximum absolute atomic E-state index is 11.3. The van der Waals surface area contributed by atoms with Crippen LogP contribution in [0.5, 0.6) is 0 Å². The number of rotatable bonds is 2. The van der Waals surface area contributed by atoms with Crippen molar-refractivity contribution in [3.63, 3.8) is 0 Å².